The van der Waals surface area contributed by atoms with Crippen molar-refractivity contribution in [3.05, 3.63) is 60.1 Å². The number of benzene rings is 2. The van der Waals surface area contributed by atoms with E-state index in [2.05, 4.69) is 64.2 Å². The lowest BCUT2D eigenvalue weighted by Gasteiger charge is -2.35. The van der Waals surface area contributed by atoms with E-state index in [1.165, 1.54) is 18.2 Å². The van der Waals surface area contributed by atoms with Gasteiger partial charge in [-0.3, -0.25) is 9.69 Å². The smallest absolute Gasteiger partial charge is 0.267 e. The second-order valence-corrected chi connectivity index (χ2v) is 11.2. The molecule has 0 aromatic heterocycles. The Morgan fingerprint density at radius 3 is 2.45 bits per heavy atom. The number of aliphatic imine (C=N–C) groups is 1. The van der Waals surface area contributed by atoms with E-state index in [9.17, 15) is 4.79 Å². The molecule has 2 aromatic rings. The van der Waals surface area contributed by atoms with Crippen LogP contribution in [0.5, 0.6) is 5.75 Å². The Kier molecular flexibility index (Phi) is 7.64. The van der Waals surface area contributed by atoms with Gasteiger partial charge in [-0.25, -0.2) is 4.99 Å². The predicted octanol–water partition coefficient (Wildman–Crippen LogP) is 7.09. The first kappa shape index (κ1) is 23.1. The zero-order valence-electron chi connectivity index (χ0n) is 17.5. The molecule has 1 amide bonds. The molecular formula is C24H24I2N2O2S. The highest BCUT2D eigenvalue weighted by atomic mass is 127. The number of ether oxygens (including phenoxy) is 1. The molecule has 2 atom stereocenters. The third-order valence-corrected chi connectivity index (χ3v) is 8.32. The fourth-order valence-electron chi connectivity index (χ4n) is 4.16. The maximum absolute atomic E-state index is 13.6. The number of rotatable bonds is 4. The number of carbonyl (C=O) groups is 1. The summed E-state index contributed by atoms with van der Waals surface area (Å²) in [5.41, 5.74) is 1.88. The summed E-state index contributed by atoms with van der Waals surface area (Å²) in [6.07, 6.45) is 6.59. The van der Waals surface area contributed by atoms with Crippen LogP contribution in [0.1, 0.15) is 38.2 Å². The van der Waals surface area contributed by atoms with Crippen LogP contribution in [-0.4, -0.2) is 29.1 Å². The van der Waals surface area contributed by atoms with Gasteiger partial charge >= 0.3 is 0 Å². The van der Waals surface area contributed by atoms with Gasteiger partial charge < -0.3 is 4.74 Å². The number of para-hydroxylation sites is 1. The molecule has 162 valence electrons. The SMILES string of the molecule is COc1c(I)cc(/C=C2\SC(=Nc3ccccc3)N([C@@H]3CCCC[C@H]3C)C2=O)cc1I. The summed E-state index contributed by atoms with van der Waals surface area (Å²) in [7, 11) is 1.68. The molecular weight excluding hydrogens is 634 g/mol. The van der Waals surface area contributed by atoms with E-state index in [1.54, 1.807) is 7.11 Å². The third kappa shape index (κ3) is 5.13. The molecule has 4 rings (SSSR count). The zero-order chi connectivity index (χ0) is 22.0. The molecule has 7 heteroatoms. The summed E-state index contributed by atoms with van der Waals surface area (Å²) in [4.78, 5) is 21.1. The van der Waals surface area contributed by atoms with Crippen molar-refractivity contribution in [3.63, 3.8) is 0 Å². The third-order valence-electron chi connectivity index (χ3n) is 5.74. The van der Waals surface area contributed by atoms with Crippen molar-refractivity contribution in [3.8, 4) is 5.75 Å². The van der Waals surface area contributed by atoms with E-state index >= 15 is 0 Å². The molecule has 0 unspecified atom stereocenters. The Morgan fingerprint density at radius 1 is 1.13 bits per heavy atom. The number of amides is 1. The molecule has 1 saturated carbocycles. The normalized spacial score (nSPS) is 24.3. The number of thioether (sulfide) groups is 1. The highest BCUT2D eigenvalue weighted by Crippen LogP contribution is 2.40. The Labute approximate surface area is 215 Å². The first-order valence-corrected chi connectivity index (χ1v) is 13.3. The van der Waals surface area contributed by atoms with Crippen molar-refractivity contribution in [1.82, 2.24) is 4.90 Å². The Bertz CT molecular complexity index is 1020. The van der Waals surface area contributed by atoms with Crippen LogP contribution in [0.25, 0.3) is 6.08 Å². The summed E-state index contributed by atoms with van der Waals surface area (Å²) in [5.74, 6) is 1.42. The summed E-state index contributed by atoms with van der Waals surface area (Å²) in [5, 5.41) is 0.791. The topological polar surface area (TPSA) is 41.9 Å². The molecule has 0 spiro atoms. The van der Waals surface area contributed by atoms with Crippen molar-refractivity contribution in [2.45, 2.75) is 38.6 Å². The molecule has 0 bridgehead atoms. The van der Waals surface area contributed by atoms with Gasteiger partial charge in [-0.15, -0.1) is 0 Å². The molecule has 1 aliphatic carbocycles. The van der Waals surface area contributed by atoms with E-state index in [4.69, 9.17) is 9.73 Å². The first-order chi connectivity index (χ1) is 15.0. The molecule has 0 N–H and O–H groups in total. The van der Waals surface area contributed by atoms with Gasteiger partial charge in [-0.2, -0.15) is 0 Å². The largest absolute Gasteiger partial charge is 0.495 e. The predicted molar refractivity (Wildman–Crippen MR) is 146 cm³/mol. The van der Waals surface area contributed by atoms with E-state index in [-0.39, 0.29) is 11.9 Å². The van der Waals surface area contributed by atoms with E-state index in [1.807, 2.05) is 41.3 Å². The monoisotopic (exact) mass is 658 g/mol. The quantitative estimate of drug-likeness (QED) is 0.261. The van der Waals surface area contributed by atoms with Crippen molar-refractivity contribution in [2.24, 2.45) is 10.9 Å². The Balaban J connectivity index is 1.73. The number of hydrogen-bond donors (Lipinski definition) is 0. The maximum Gasteiger partial charge on any atom is 0.267 e. The molecule has 2 aliphatic rings. The molecule has 1 saturated heterocycles. The van der Waals surface area contributed by atoms with Crippen molar-refractivity contribution < 1.29 is 9.53 Å². The van der Waals surface area contributed by atoms with Crippen LogP contribution < -0.4 is 4.74 Å². The van der Waals surface area contributed by atoms with E-state index in [0.29, 0.717) is 5.92 Å². The molecule has 2 fully saturated rings. The molecule has 2 aromatic carbocycles. The van der Waals surface area contributed by atoms with Crippen molar-refractivity contribution in [2.75, 3.05) is 7.11 Å². The molecule has 1 heterocycles. The minimum Gasteiger partial charge on any atom is -0.495 e. The zero-order valence-corrected chi connectivity index (χ0v) is 22.6. The number of halogens is 2. The number of amidine groups is 1. The van der Waals surface area contributed by atoms with Crippen LogP contribution in [0.4, 0.5) is 5.69 Å². The molecule has 0 radical (unpaired) electrons. The first-order valence-electron chi connectivity index (χ1n) is 10.4. The summed E-state index contributed by atoms with van der Waals surface area (Å²) in [6.45, 7) is 2.26. The Hall–Kier alpha value is -1.07. The van der Waals surface area contributed by atoms with Gasteiger partial charge in [0.1, 0.15) is 5.75 Å². The summed E-state index contributed by atoms with van der Waals surface area (Å²) < 4.78 is 7.54. The Morgan fingerprint density at radius 2 is 1.81 bits per heavy atom. The molecule has 1 aliphatic heterocycles. The fourth-order valence-corrected chi connectivity index (χ4v) is 7.46. The number of hydrogen-bond acceptors (Lipinski definition) is 4. The van der Waals surface area contributed by atoms with Crippen LogP contribution in [0.2, 0.25) is 0 Å². The van der Waals surface area contributed by atoms with Crippen LogP contribution in [0.15, 0.2) is 52.4 Å². The fraction of sp³-hybridized carbons (Fsp3) is 0.333. The second kappa shape index (κ2) is 10.2. The maximum atomic E-state index is 13.6. The second-order valence-electron chi connectivity index (χ2n) is 7.86. The van der Waals surface area contributed by atoms with Gasteiger partial charge in [0.05, 0.1) is 24.8 Å². The highest BCUT2D eigenvalue weighted by Gasteiger charge is 2.41. The van der Waals surface area contributed by atoms with Gasteiger partial charge in [0.25, 0.3) is 5.91 Å². The van der Waals surface area contributed by atoms with Gasteiger partial charge in [0.2, 0.25) is 0 Å². The number of methoxy groups -OCH3 is 1. The van der Waals surface area contributed by atoms with Gasteiger partial charge in [-0.05, 0) is 112 Å². The summed E-state index contributed by atoms with van der Waals surface area (Å²) >= 11 is 6.04. The standard InChI is InChI=1S/C24H24I2N2O2S/c1-15-8-6-7-11-20(15)28-23(29)21(31-24(28)27-17-9-4-3-5-10-17)14-16-12-18(25)22(30-2)19(26)13-16/h3-5,9-10,12-15,20H,6-8,11H2,1-2H3/b21-14-,27-24?/t15-,20-/m1/s1. The van der Waals surface area contributed by atoms with Gasteiger partial charge in [-0.1, -0.05) is 38.0 Å². The van der Waals surface area contributed by atoms with E-state index in [0.717, 1.165) is 53.5 Å². The number of carbonyl (C=O) groups excluding carboxylic acids is 1. The minimum atomic E-state index is 0.0688. The number of nitrogens with zero attached hydrogens (tertiary/aromatic N) is 2. The average Bonchev–Trinajstić information content (AvgIpc) is 3.03. The molecule has 31 heavy (non-hydrogen) atoms. The van der Waals surface area contributed by atoms with Crippen molar-refractivity contribution >= 4 is 79.8 Å². The highest BCUT2D eigenvalue weighted by molar-refractivity contribution is 14.1. The van der Waals surface area contributed by atoms with Crippen molar-refractivity contribution in [1.29, 1.82) is 0 Å². The van der Waals surface area contributed by atoms with Crippen LogP contribution in [0.3, 0.4) is 0 Å². The lowest BCUT2D eigenvalue weighted by atomic mass is 9.85. The lowest BCUT2D eigenvalue weighted by molar-refractivity contribution is -0.124. The molecule has 4 nitrogen and oxygen atoms in total. The van der Waals surface area contributed by atoms with Crippen LogP contribution in [0, 0.1) is 13.1 Å². The minimum absolute atomic E-state index is 0.0688. The van der Waals surface area contributed by atoms with Crippen LogP contribution >= 0.6 is 56.9 Å². The van der Waals surface area contributed by atoms with Gasteiger partial charge in [0, 0.05) is 6.04 Å². The summed E-state index contributed by atoms with van der Waals surface area (Å²) in [6, 6.07) is 14.2. The van der Waals surface area contributed by atoms with Gasteiger partial charge in [0.15, 0.2) is 5.17 Å². The lowest BCUT2D eigenvalue weighted by Crippen LogP contribution is -2.44. The average molecular weight is 658 g/mol. The van der Waals surface area contributed by atoms with Crippen LogP contribution in [-0.2, 0) is 4.79 Å². The van der Waals surface area contributed by atoms with E-state index < -0.39 is 0 Å².